The Morgan fingerprint density at radius 3 is 2.16 bits per heavy atom. The van der Waals surface area contributed by atoms with Gasteiger partial charge in [0, 0.05) is 11.1 Å². The quantitative estimate of drug-likeness (QED) is 0.484. The second kappa shape index (κ2) is 8.07. The summed E-state index contributed by atoms with van der Waals surface area (Å²) in [6.45, 7) is -0.810. The molecule has 0 radical (unpaired) electrons. The van der Waals surface area contributed by atoms with Gasteiger partial charge in [0.15, 0.2) is 0 Å². The van der Waals surface area contributed by atoms with E-state index in [0.29, 0.717) is 22.7 Å². The third-order valence-corrected chi connectivity index (χ3v) is 5.29. The first kappa shape index (κ1) is 23.5. The number of aromatic nitrogens is 2. The molecule has 0 atom stereocenters. The number of halogens is 7. The lowest BCUT2D eigenvalue weighted by atomic mass is 10.1. The van der Waals surface area contributed by atoms with Crippen molar-refractivity contribution in [1.29, 1.82) is 0 Å². The van der Waals surface area contributed by atoms with Crippen LogP contribution >= 0.6 is 0 Å². The maximum absolute atomic E-state index is 14.6. The highest BCUT2D eigenvalue weighted by atomic mass is 32.2. The largest absolute Gasteiger partial charge is 0.470 e. The second-order valence-electron chi connectivity index (χ2n) is 6.50. The van der Waals surface area contributed by atoms with Crippen molar-refractivity contribution < 1.29 is 43.6 Å². The Balaban J connectivity index is 1.99. The molecular weight excluding hydrogens is 471 g/mol. The molecule has 1 heterocycles. The predicted molar refractivity (Wildman–Crippen MR) is 97.2 cm³/mol. The summed E-state index contributed by atoms with van der Waals surface area (Å²) in [6.07, 6.45) is -9.13. The van der Waals surface area contributed by atoms with E-state index in [9.17, 15) is 39.2 Å². The van der Waals surface area contributed by atoms with Crippen LogP contribution in [0, 0.1) is 5.82 Å². The Kier molecular flexibility index (Phi) is 5.93. The molecule has 0 aliphatic heterocycles. The van der Waals surface area contributed by atoms with Crippen LogP contribution in [0.3, 0.4) is 0 Å². The lowest BCUT2D eigenvalue weighted by Crippen LogP contribution is -2.31. The van der Waals surface area contributed by atoms with Crippen LogP contribution in [0.1, 0.15) is 17.0 Å². The van der Waals surface area contributed by atoms with Gasteiger partial charge in [0.25, 0.3) is 0 Å². The molecule has 0 saturated heterocycles. The van der Waals surface area contributed by atoms with Gasteiger partial charge in [-0.25, -0.2) is 12.8 Å². The fraction of sp³-hybridized carbons (Fsp3) is 0.222. The number of nitrogens with zero attached hydrogens (tertiary/aromatic N) is 3. The van der Waals surface area contributed by atoms with E-state index in [2.05, 4.69) is 14.6 Å². The maximum Gasteiger partial charge on any atom is 0.470 e. The van der Waals surface area contributed by atoms with Crippen LogP contribution in [0.2, 0.25) is 0 Å². The Hall–Kier alpha value is -3.16. The first-order valence-electron chi connectivity index (χ1n) is 8.51. The first-order valence-corrected chi connectivity index (χ1v) is 10.4. The van der Waals surface area contributed by atoms with E-state index in [1.807, 2.05) is 0 Å². The van der Waals surface area contributed by atoms with Gasteiger partial charge >= 0.3 is 18.2 Å². The number of hydrogen-bond donors (Lipinski definition) is 0. The molecule has 0 aliphatic carbocycles. The number of alkyl halides is 6. The minimum absolute atomic E-state index is 0.240. The molecule has 14 heteroatoms. The van der Waals surface area contributed by atoms with Crippen molar-refractivity contribution in [3.63, 3.8) is 0 Å². The average molecular weight is 483 g/mol. The summed E-state index contributed by atoms with van der Waals surface area (Å²) in [5.74, 6) is -3.40. The third kappa shape index (κ3) is 5.00. The van der Waals surface area contributed by atoms with E-state index in [4.69, 9.17) is 0 Å². The molecule has 6 nitrogen and oxygen atoms in total. The van der Waals surface area contributed by atoms with Crippen molar-refractivity contribution in [2.24, 2.45) is 0 Å². The highest BCUT2D eigenvalue weighted by Crippen LogP contribution is 2.38. The summed E-state index contributed by atoms with van der Waals surface area (Å²) in [4.78, 5) is 0. The van der Waals surface area contributed by atoms with E-state index in [0.717, 1.165) is 24.3 Å². The van der Waals surface area contributed by atoms with Gasteiger partial charge in [-0.05, 0) is 24.3 Å². The van der Waals surface area contributed by atoms with Crippen molar-refractivity contribution >= 4 is 15.7 Å². The number of benzene rings is 2. The zero-order valence-corrected chi connectivity index (χ0v) is 16.7. The molecule has 0 saturated carbocycles. The molecule has 32 heavy (non-hydrogen) atoms. The van der Waals surface area contributed by atoms with E-state index in [-0.39, 0.29) is 11.1 Å². The second-order valence-corrected chi connectivity index (χ2v) is 8.41. The minimum atomic E-state index is -4.91. The van der Waals surface area contributed by atoms with Crippen molar-refractivity contribution in [1.82, 2.24) is 10.2 Å². The zero-order valence-electron chi connectivity index (χ0n) is 15.9. The van der Waals surface area contributed by atoms with Gasteiger partial charge in [-0.3, -0.25) is 4.31 Å². The van der Waals surface area contributed by atoms with Gasteiger partial charge in [-0.1, -0.05) is 18.2 Å². The lowest BCUT2D eigenvalue weighted by Gasteiger charge is -2.26. The summed E-state index contributed by atoms with van der Waals surface area (Å²) in [5.41, 5.74) is -2.53. The topological polar surface area (TPSA) is 76.3 Å². The molecule has 2 aromatic carbocycles. The Morgan fingerprint density at radius 2 is 1.62 bits per heavy atom. The molecule has 172 valence electrons. The van der Waals surface area contributed by atoms with E-state index >= 15 is 0 Å². The monoisotopic (exact) mass is 483 g/mol. The molecule has 3 aromatic rings. The van der Waals surface area contributed by atoms with Gasteiger partial charge in [0.2, 0.25) is 15.9 Å². The van der Waals surface area contributed by atoms with E-state index < -0.39 is 57.8 Å². The van der Waals surface area contributed by atoms with Gasteiger partial charge in [0.05, 0.1) is 24.1 Å². The smallest absolute Gasteiger partial charge is 0.413 e. The highest BCUT2D eigenvalue weighted by Gasteiger charge is 2.38. The molecule has 0 aliphatic rings. The van der Waals surface area contributed by atoms with Crippen molar-refractivity contribution in [2.45, 2.75) is 18.9 Å². The van der Waals surface area contributed by atoms with Crippen molar-refractivity contribution in [2.75, 3.05) is 10.6 Å². The van der Waals surface area contributed by atoms with Crippen LogP contribution in [0.5, 0.6) is 0 Å². The normalized spacial score (nSPS) is 12.8. The average Bonchev–Trinajstić information content (AvgIpc) is 3.16. The molecular formula is C18H12F7N3O3S. The van der Waals surface area contributed by atoms with Gasteiger partial charge in [0.1, 0.15) is 5.82 Å². The number of anilines is 1. The fourth-order valence-corrected chi connectivity index (χ4v) is 3.62. The molecule has 0 N–H and O–H groups in total. The summed E-state index contributed by atoms with van der Waals surface area (Å²) < 4.78 is 122. The molecule has 1 aromatic heterocycles. The zero-order chi connectivity index (χ0) is 23.9. The highest BCUT2D eigenvalue weighted by molar-refractivity contribution is 7.92. The molecule has 0 fully saturated rings. The van der Waals surface area contributed by atoms with Crippen LogP contribution in [0.25, 0.3) is 11.5 Å². The fourth-order valence-electron chi connectivity index (χ4n) is 2.73. The van der Waals surface area contributed by atoms with Crippen LogP contribution < -0.4 is 4.31 Å². The van der Waals surface area contributed by atoms with Crippen LogP contribution in [0.4, 0.5) is 36.4 Å². The molecule has 0 unspecified atom stereocenters. The van der Waals surface area contributed by atoms with E-state index in [1.54, 1.807) is 0 Å². The number of hydrogen-bond acceptors (Lipinski definition) is 5. The molecule has 0 spiro atoms. The Morgan fingerprint density at radius 1 is 0.969 bits per heavy atom. The standard InChI is InChI=1S/C18H12F7N3O3S/c1-32(29,30)28(14-5-3-2-4-12(14)17(20,21)22)9-11-7-6-10(8-13(11)19)15-26-27-16(31-15)18(23,24)25/h2-8H,9H2,1H3. The Labute approximate surface area is 176 Å². The van der Waals surface area contributed by atoms with Crippen LogP contribution in [0.15, 0.2) is 46.9 Å². The molecule has 0 bridgehead atoms. The van der Waals surface area contributed by atoms with Gasteiger partial charge in [-0.2, -0.15) is 26.3 Å². The summed E-state index contributed by atoms with van der Waals surface area (Å²) in [6, 6.07) is 6.64. The third-order valence-electron chi connectivity index (χ3n) is 4.16. The first-order chi connectivity index (χ1) is 14.7. The van der Waals surface area contributed by atoms with Crippen LogP contribution in [-0.2, 0) is 28.9 Å². The molecule has 0 amide bonds. The number of para-hydroxylation sites is 1. The lowest BCUT2D eigenvalue weighted by molar-refractivity contribution is -0.157. The maximum atomic E-state index is 14.6. The summed E-state index contributed by atoms with van der Waals surface area (Å²) >= 11 is 0. The Bertz CT molecular complexity index is 1240. The number of rotatable bonds is 5. The van der Waals surface area contributed by atoms with Gasteiger partial charge < -0.3 is 4.42 Å². The minimum Gasteiger partial charge on any atom is -0.413 e. The van der Waals surface area contributed by atoms with E-state index in [1.165, 1.54) is 6.07 Å². The predicted octanol–water partition coefficient (Wildman–Crippen LogP) is 4.88. The molecule has 3 rings (SSSR count). The summed E-state index contributed by atoms with van der Waals surface area (Å²) in [7, 11) is -4.29. The van der Waals surface area contributed by atoms with Gasteiger partial charge in [-0.15, -0.1) is 10.2 Å². The SMILES string of the molecule is CS(=O)(=O)N(Cc1ccc(-c2nnc(C(F)(F)F)o2)cc1F)c1ccccc1C(F)(F)F. The summed E-state index contributed by atoms with van der Waals surface area (Å²) in [5, 5.41) is 5.99. The number of sulfonamides is 1. The van der Waals surface area contributed by atoms with Crippen molar-refractivity contribution in [3.8, 4) is 11.5 Å². The van der Waals surface area contributed by atoms with Crippen LogP contribution in [-0.4, -0.2) is 24.9 Å². The van der Waals surface area contributed by atoms with Crippen molar-refractivity contribution in [3.05, 3.63) is 65.3 Å².